The van der Waals surface area contributed by atoms with Gasteiger partial charge in [-0.05, 0) is 48.9 Å². The average molecular weight is 675 g/mol. The monoisotopic (exact) mass is 673 g/mol. The minimum atomic E-state index is -4.75. The predicted octanol–water partition coefficient (Wildman–Crippen LogP) is 7.11. The number of nitrogens with zero attached hydrogens (tertiary/aromatic N) is 5. The number of rotatable bonds is 6. The number of hydrogen-bond acceptors (Lipinski definition) is 6. The lowest BCUT2D eigenvalue weighted by atomic mass is 10.0. The summed E-state index contributed by atoms with van der Waals surface area (Å²) in [6.07, 6.45) is -1.75. The molecule has 0 atom stereocenters. The van der Waals surface area contributed by atoms with Crippen molar-refractivity contribution in [2.75, 3.05) is 6.26 Å². The van der Waals surface area contributed by atoms with Gasteiger partial charge >= 0.3 is 6.18 Å². The third kappa shape index (κ3) is 5.75. The molecule has 0 aliphatic heterocycles. The Morgan fingerprint density at radius 3 is 2.33 bits per heavy atom. The number of aliphatic hydroxyl groups is 1. The first-order valence-electron chi connectivity index (χ1n) is 12.1. The van der Waals surface area contributed by atoms with Crippen LogP contribution in [0.25, 0.3) is 33.8 Å². The van der Waals surface area contributed by atoms with Gasteiger partial charge in [0.1, 0.15) is 17.3 Å². The SMILES string of the molecule is Cc1nc(C(F)(F)F)cn1-c1ccc(-c2cc(F)c(CO)c(S(C)(=O)=O)c2)c(Cl)c1-n1nncc1-c1ccc(Cl)cc1Cl. The van der Waals surface area contributed by atoms with Gasteiger partial charge in [-0.15, -0.1) is 5.10 Å². The molecule has 0 aliphatic carbocycles. The first-order chi connectivity index (χ1) is 20.1. The molecular formula is C27H18Cl3F4N5O3S. The van der Waals surface area contributed by atoms with E-state index in [1.807, 2.05) is 0 Å². The van der Waals surface area contributed by atoms with Gasteiger partial charge in [0.2, 0.25) is 0 Å². The fourth-order valence-electron chi connectivity index (χ4n) is 4.56. The van der Waals surface area contributed by atoms with Crippen molar-refractivity contribution >= 4 is 44.6 Å². The number of hydrogen-bond donors (Lipinski definition) is 1. The molecule has 0 aliphatic rings. The van der Waals surface area contributed by atoms with Crippen molar-refractivity contribution in [3.63, 3.8) is 0 Å². The Bertz CT molecular complexity index is 2010. The second kappa shape index (κ2) is 11.2. The summed E-state index contributed by atoms with van der Waals surface area (Å²) in [6.45, 7) is 0.485. The van der Waals surface area contributed by atoms with Gasteiger partial charge in [-0.2, -0.15) is 13.2 Å². The molecule has 0 spiro atoms. The predicted molar refractivity (Wildman–Crippen MR) is 153 cm³/mol. The van der Waals surface area contributed by atoms with Gasteiger partial charge in [-0.25, -0.2) is 22.5 Å². The van der Waals surface area contributed by atoms with Crippen LogP contribution in [0.15, 0.2) is 59.8 Å². The van der Waals surface area contributed by atoms with E-state index in [4.69, 9.17) is 34.8 Å². The maximum Gasteiger partial charge on any atom is 0.434 e. The first-order valence-corrected chi connectivity index (χ1v) is 15.1. The lowest BCUT2D eigenvalue weighted by Crippen LogP contribution is -2.09. The van der Waals surface area contributed by atoms with Crippen molar-refractivity contribution in [1.82, 2.24) is 24.5 Å². The Hall–Kier alpha value is -3.49. The third-order valence-electron chi connectivity index (χ3n) is 6.52. The van der Waals surface area contributed by atoms with E-state index in [0.29, 0.717) is 10.6 Å². The first kappa shape index (κ1) is 31.0. The van der Waals surface area contributed by atoms with Crippen molar-refractivity contribution in [2.24, 2.45) is 0 Å². The van der Waals surface area contributed by atoms with Crippen LogP contribution in [0.3, 0.4) is 0 Å². The van der Waals surface area contributed by atoms with Crippen LogP contribution in [-0.2, 0) is 22.6 Å². The Labute approximate surface area is 257 Å². The van der Waals surface area contributed by atoms with E-state index < -0.39 is 44.6 Å². The molecule has 0 fully saturated rings. The summed E-state index contributed by atoms with van der Waals surface area (Å²) >= 11 is 19.4. The molecule has 0 amide bonds. The van der Waals surface area contributed by atoms with Crippen molar-refractivity contribution < 1.29 is 31.1 Å². The summed E-state index contributed by atoms with van der Waals surface area (Å²) < 4.78 is 83.1. The third-order valence-corrected chi connectivity index (χ3v) is 8.61. The molecule has 5 rings (SSSR count). The normalized spacial score (nSPS) is 12.2. The minimum Gasteiger partial charge on any atom is -0.392 e. The van der Waals surface area contributed by atoms with Crippen LogP contribution in [0.2, 0.25) is 15.1 Å². The number of aryl methyl sites for hydroxylation is 1. The second-order valence-corrected chi connectivity index (χ2v) is 12.6. The summed E-state index contributed by atoms with van der Waals surface area (Å²) in [6, 6.07) is 9.56. The van der Waals surface area contributed by atoms with Gasteiger partial charge in [0, 0.05) is 34.2 Å². The van der Waals surface area contributed by atoms with Crippen LogP contribution < -0.4 is 0 Å². The molecule has 224 valence electrons. The molecular weight excluding hydrogens is 657 g/mol. The van der Waals surface area contributed by atoms with E-state index in [1.54, 1.807) is 12.1 Å². The molecule has 2 heterocycles. The Morgan fingerprint density at radius 2 is 1.72 bits per heavy atom. The van der Waals surface area contributed by atoms with Crippen LogP contribution in [0, 0.1) is 12.7 Å². The van der Waals surface area contributed by atoms with E-state index in [9.17, 15) is 26.7 Å². The average Bonchev–Trinajstić information content (AvgIpc) is 3.54. The molecule has 5 aromatic rings. The summed E-state index contributed by atoms with van der Waals surface area (Å²) in [7, 11) is -4.00. The maximum atomic E-state index is 15.1. The summed E-state index contributed by atoms with van der Waals surface area (Å²) in [5, 5.41) is 18.1. The number of imidazole rings is 1. The summed E-state index contributed by atoms with van der Waals surface area (Å²) in [5.41, 5.74) is -0.710. The number of aromatic nitrogens is 5. The topological polar surface area (TPSA) is 103 Å². The lowest BCUT2D eigenvalue weighted by Gasteiger charge is -2.19. The smallest absolute Gasteiger partial charge is 0.392 e. The highest BCUT2D eigenvalue weighted by molar-refractivity contribution is 7.90. The van der Waals surface area contributed by atoms with Crippen LogP contribution in [0.4, 0.5) is 17.6 Å². The fraction of sp³-hybridized carbons (Fsp3) is 0.148. The molecule has 2 aromatic heterocycles. The van der Waals surface area contributed by atoms with Crippen molar-refractivity contribution in [3.05, 3.63) is 92.8 Å². The molecule has 0 saturated heterocycles. The molecule has 1 N–H and O–H groups in total. The molecule has 0 bridgehead atoms. The minimum absolute atomic E-state index is 0.000503. The van der Waals surface area contributed by atoms with Gasteiger partial charge in [-0.3, -0.25) is 0 Å². The van der Waals surface area contributed by atoms with Gasteiger partial charge in [-0.1, -0.05) is 46.1 Å². The van der Waals surface area contributed by atoms with Gasteiger partial charge in [0.05, 0.1) is 39.1 Å². The molecule has 0 saturated carbocycles. The van der Waals surface area contributed by atoms with Gasteiger partial charge in [0.15, 0.2) is 15.5 Å². The lowest BCUT2D eigenvalue weighted by molar-refractivity contribution is -0.141. The number of sulfone groups is 1. The summed E-state index contributed by atoms with van der Waals surface area (Å²) in [4.78, 5) is 3.18. The van der Waals surface area contributed by atoms with Gasteiger partial charge < -0.3 is 9.67 Å². The van der Waals surface area contributed by atoms with E-state index in [-0.39, 0.29) is 44.1 Å². The highest BCUT2D eigenvalue weighted by Gasteiger charge is 2.35. The van der Waals surface area contributed by atoms with Crippen LogP contribution in [-0.4, -0.2) is 44.3 Å². The van der Waals surface area contributed by atoms with E-state index >= 15 is 4.39 Å². The maximum absolute atomic E-state index is 15.1. The van der Waals surface area contributed by atoms with Gasteiger partial charge in [0.25, 0.3) is 0 Å². The van der Waals surface area contributed by atoms with E-state index in [0.717, 1.165) is 29.2 Å². The van der Waals surface area contributed by atoms with Crippen molar-refractivity contribution in [1.29, 1.82) is 0 Å². The standard InChI is InChI=1S/C27H18Cl3F4N5O3S/c1-13-36-24(27(32,33)34)11-38(13)21-6-5-16(14-7-20(31)18(12-40)23(8-14)43(2,41)42)25(30)26(21)39-22(10-35-37-39)17-4-3-15(28)9-19(17)29/h3-11,40H,12H2,1-2H3. The summed E-state index contributed by atoms with van der Waals surface area (Å²) in [5.74, 6) is -1.04. The van der Waals surface area contributed by atoms with Crippen LogP contribution in [0.5, 0.6) is 0 Å². The molecule has 8 nitrogen and oxygen atoms in total. The Morgan fingerprint density at radius 1 is 1.02 bits per heavy atom. The number of halogens is 7. The molecule has 0 radical (unpaired) electrons. The zero-order chi connectivity index (χ0) is 31.4. The Balaban J connectivity index is 1.85. The molecule has 3 aromatic carbocycles. The molecule has 16 heteroatoms. The highest BCUT2D eigenvalue weighted by atomic mass is 35.5. The van der Waals surface area contributed by atoms with Crippen molar-refractivity contribution in [2.45, 2.75) is 24.6 Å². The zero-order valence-electron chi connectivity index (χ0n) is 22.0. The van der Waals surface area contributed by atoms with Crippen LogP contribution in [0.1, 0.15) is 17.1 Å². The second-order valence-electron chi connectivity index (χ2n) is 9.36. The quantitative estimate of drug-likeness (QED) is 0.193. The van der Waals surface area contributed by atoms with Crippen LogP contribution >= 0.6 is 34.8 Å². The highest BCUT2D eigenvalue weighted by Crippen LogP contribution is 2.41. The number of aliphatic hydroxyl groups excluding tert-OH is 1. The Kier molecular flexibility index (Phi) is 8.07. The zero-order valence-corrected chi connectivity index (χ0v) is 25.0. The fourth-order valence-corrected chi connectivity index (χ4v) is 6.36. The number of benzene rings is 3. The van der Waals surface area contributed by atoms with E-state index in [2.05, 4.69) is 15.3 Å². The number of alkyl halides is 3. The van der Waals surface area contributed by atoms with E-state index in [1.165, 1.54) is 36.0 Å². The molecule has 43 heavy (non-hydrogen) atoms. The largest absolute Gasteiger partial charge is 0.434 e. The molecule has 0 unspecified atom stereocenters. The van der Waals surface area contributed by atoms with Crippen molar-refractivity contribution in [3.8, 4) is 33.8 Å².